The zero-order valence-electron chi connectivity index (χ0n) is 11.4. The summed E-state index contributed by atoms with van der Waals surface area (Å²) in [6.45, 7) is 0. The Labute approximate surface area is 131 Å². The highest BCUT2D eigenvalue weighted by Gasteiger charge is 2.16. The van der Waals surface area contributed by atoms with Crippen molar-refractivity contribution in [2.45, 2.75) is 25.7 Å². The number of carboxylic acids is 1. The predicted octanol–water partition coefficient (Wildman–Crippen LogP) is 3.61. The molecule has 1 aliphatic rings. The molecule has 1 N–H and O–H groups in total. The lowest BCUT2D eigenvalue weighted by Crippen LogP contribution is -2.06. The Morgan fingerprint density at radius 1 is 1.33 bits per heavy atom. The molecule has 0 amide bonds. The molecule has 1 heterocycles. The van der Waals surface area contributed by atoms with E-state index in [1.807, 2.05) is 24.5 Å². The molecule has 0 bridgehead atoms. The third-order valence-corrected chi connectivity index (χ3v) is 4.38. The van der Waals surface area contributed by atoms with E-state index in [-0.39, 0.29) is 0 Å². The van der Waals surface area contributed by atoms with Crippen LogP contribution in [0.5, 0.6) is 0 Å². The number of benzene rings is 1. The van der Waals surface area contributed by atoms with Crippen LogP contribution in [0.1, 0.15) is 29.8 Å². The van der Waals surface area contributed by atoms with Crippen molar-refractivity contribution in [3.8, 4) is 5.69 Å². The van der Waals surface area contributed by atoms with Crippen LogP contribution in [0.2, 0.25) is 0 Å². The Morgan fingerprint density at radius 3 is 2.90 bits per heavy atom. The van der Waals surface area contributed by atoms with E-state index >= 15 is 0 Å². The van der Waals surface area contributed by atoms with Crippen LogP contribution in [0, 0.1) is 0 Å². The summed E-state index contributed by atoms with van der Waals surface area (Å²) in [7, 11) is 0. The van der Waals surface area contributed by atoms with Crippen molar-refractivity contribution in [1.82, 2.24) is 9.55 Å². The minimum absolute atomic E-state index is 0.843. The lowest BCUT2D eigenvalue weighted by atomic mass is 10.0. The van der Waals surface area contributed by atoms with Crippen molar-refractivity contribution < 1.29 is 9.90 Å². The number of aliphatic carboxylic acids is 1. The highest BCUT2D eigenvalue weighted by Crippen LogP contribution is 2.26. The molecule has 4 nitrogen and oxygen atoms in total. The molecule has 1 aromatic heterocycles. The third-order valence-electron chi connectivity index (χ3n) is 3.70. The topological polar surface area (TPSA) is 55.1 Å². The Balaban J connectivity index is 1.95. The quantitative estimate of drug-likeness (QED) is 0.863. The van der Waals surface area contributed by atoms with Gasteiger partial charge in [-0.25, -0.2) is 9.78 Å². The van der Waals surface area contributed by atoms with Gasteiger partial charge in [-0.05, 0) is 49.5 Å². The monoisotopic (exact) mass is 346 g/mol. The summed E-state index contributed by atoms with van der Waals surface area (Å²) >= 11 is 3.50. The largest absolute Gasteiger partial charge is 0.478 e. The second kappa shape index (κ2) is 5.85. The van der Waals surface area contributed by atoms with Gasteiger partial charge in [0.15, 0.2) is 0 Å². The molecule has 0 saturated carbocycles. The van der Waals surface area contributed by atoms with Crippen LogP contribution in [0.25, 0.3) is 11.8 Å². The van der Waals surface area contributed by atoms with E-state index < -0.39 is 5.97 Å². The second-order valence-corrected chi connectivity index (χ2v) is 5.95. The molecular weight excluding hydrogens is 332 g/mol. The summed E-state index contributed by atoms with van der Waals surface area (Å²) in [5.74, 6) is -0.949. The molecular formula is C16H15BrN2O2. The number of nitrogens with zero attached hydrogens (tertiary/aromatic N) is 2. The molecule has 5 heteroatoms. The summed E-state index contributed by atoms with van der Waals surface area (Å²) in [6, 6.07) is 5.90. The Kier molecular flexibility index (Phi) is 3.92. The van der Waals surface area contributed by atoms with Crippen molar-refractivity contribution in [3.05, 3.63) is 52.0 Å². The van der Waals surface area contributed by atoms with Gasteiger partial charge in [-0.3, -0.25) is 0 Å². The average Bonchev–Trinajstić information content (AvgIpc) is 2.89. The lowest BCUT2D eigenvalue weighted by molar-refractivity contribution is -0.131. The van der Waals surface area contributed by atoms with Gasteiger partial charge >= 0.3 is 5.97 Å². The third kappa shape index (κ3) is 2.93. The molecule has 0 unspecified atom stereocenters. The summed E-state index contributed by atoms with van der Waals surface area (Å²) in [5.41, 5.74) is 4.38. The summed E-state index contributed by atoms with van der Waals surface area (Å²) in [4.78, 5) is 15.1. The molecule has 21 heavy (non-hydrogen) atoms. The molecule has 2 aromatic rings. The number of aromatic nitrogens is 2. The fourth-order valence-electron chi connectivity index (χ4n) is 2.65. The summed E-state index contributed by atoms with van der Waals surface area (Å²) < 4.78 is 3.00. The molecule has 108 valence electrons. The first-order valence-electron chi connectivity index (χ1n) is 6.91. The van der Waals surface area contributed by atoms with Gasteiger partial charge in [-0.15, -0.1) is 0 Å². The first-order chi connectivity index (χ1) is 10.1. The summed E-state index contributed by atoms with van der Waals surface area (Å²) in [5, 5.41) is 8.69. The standard InChI is InChI=1S/C16H15BrN2O2/c17-13-9-12(7-5-11(13)6-8-16(20)21)19-10-18-14-3-1-2-4-15(14)19/h5-10H,1-4H2,(H,20,21)/b8-6+. The van der Waals surface area contributed by atoms with E-state index in [9.17, 15) is 4.79 Å². The highest BCUT2D eigenvalue weighted by molar-refractivity contribution is 9.10. The van der Waals surface area contributed by atoms with E-state index in [1.54, 1.807) is 6.08 Å². The molecule has 0 atom stereocenters. The first kappa shape index (κ1) is 14.1. The van der Waals surface area contributed by atoms with Gasteiger partial charge in [0, 0.05) is 21.9 Å². The maximum atomic E-state index is 10.6. The minimum atomic E-state index is -0.949. The van der Waals surface area contributed by atoms with Crippen molar-refractivity contribution in [1.29, 1.82) is 0 Å². The smallest absolute Gasteiger partial charge is 0.328 e. The van der Waals surface area contributed by atoms with Gasteiger partial charge in [0.25, 0.3) is 0 Å². The van der Waals surface area contributed by atoms with E-state index in [1.165, 1.54) is 24.2 Å². The lowest BCUT2D eigenvalue weighted by Gasteiger charge is -2.14. The van der Waals surface area contributed by atoms with Crippen LogP contribution in [-0.2, 0) is 17.6 Å². The van der Waals surface area contributed by atoms with E-state index in [0.717, 1.165) is 34.6 Å². The van der Waals surface area contributed by atoms with Crippen LogP contribution >= 0.6 is 15.9 Å². The van der Waals surface area contributed by atoms with Crippen molar-refractivity contribution in [2.75, 3.05) is 0 Å². The van der Waals surface area contributed by atoms with E-state index in [2.05, 4.69) is 25.5 Å². The number of aryl methyl sites for hydroxylation is 1. The van der Waals surface area contributed by atoms with Gasteiger partial charge in [-0.1, -0.05) is 22.0 Å². The van der Waals surface area contributed by atoms with Crippen LogP contribution in [0.4, 0.5) is 0 Å². The normalized spacial score (nSPS) is 14.3. The maximum absolute atomic E-state index is 10.6. The number of rotatable bonds is 3. The summed E-state index contributed by atoms with van der Waals surface area (Å²) in [6.07, 6.45) is 9.14. The van der Waals surface area contributed by atoms with Crippen molar-refractivity contribution in [3.63, 3.8) is 0 Å². The predicted molar refractivity (Wildman–Crippen MR) is 84.6 cm³/mol. The van der Waals surface area contributed by atoms with Gasteiger partial charge in [0.05, 0.1) is 12.0 Å². The van der Waals surface area contributed by atoms with E-state index in [4.69, 9.17) is 5.11 Å². The first-order valence-corrected chi connectivity index (χ1v) is 7.70. The molecule has 0 radical (unpaired) electrons. The number of carbonyl (C=O) groups is 1. The highest BCUT2D eigenvalue weighted by atomic mass is 79.9. The van der Waals surface area contributed by atoms with Crippen molar-refractivity contribution in [2.24, 2.45) is 0 Å². The number of hydrogen-bond donors (Lipinski definition) is 1. The van der Waals surface area contributed by atoms with Gasteiger partial charge in [0.2, 0.25) is 0 Å². The number of halogens is 1. The number of fused-ring (bicyclic) bond motifs is 1. The van der Waals surface area contributed by atoms with Gasteiger partial charge in [-0.2, -0.15) is 0 Å². The van der Waals surface area contributed by atoms with Gasteiger partial charge < -0.3 is 9.67 Å². The Hall–Kier alpha value is -1.88. The Bertz CT molecular complexity index is 719. The molecule has 0 spiro atoms. The number of hydrogen-bond acceptors (Lipinski definition) is 2. The van der Waals surface area contributed by atoms with Gasteiger partial charge in [0.1, 0.15) is 0 Å². The molecule has 3 rings (SSSR count). The van der Waals surface area contributed by atoms with Crippen LogP contribution in [-0.4, -0.2) is 20.6 Å². The SMILES string of the molecule is O=C(O)/C=C/c1ccc(-n2cnc3c2CCCC3)cc1Br. The van der Waals surface area contributed by atoms with Crippen LogP contribution in [0.3, 0.4) is 0 Å². The van der Waals surface area contributed by atoms with E-state index in [0.29, 0.717) is 0 Å². The second-order valence-electron chi connectivity index (χ2n) is 5.09. The molecule has 1 aromatic carbocycles. The number of imidazole rings is 1. The minimum Gasteiger partial charge on any atom is -0.478 e. The van der Waals surface area contributed by atoms with Crippen LogP contribution < -0.4 is 0 Å². The molecule has 0 saturated heterocycles. The van der Waals surface area contributed by atoms with Crippen LogP contribution in [0.15, 0.2) is 35.1 Å². The Morgan fingerprint density at radius 2 is 2.14 bits per heavy atom. The number of carboxylic acid groups (broad SMARTS) is 1. The molecule has 1 aliphatic carbocycles. The average molecular weight is 347 g/mol. The molecule has 0 fully saturated rings. The fourth-order valence-corrected chi connectivity index (χ4v) is 3.15. The fraction of sp³-hybridized carbons (Fsp3) is 0.250. The maximum Gasteiger partial charge on any atom is 0.328 e. The van der Waals surface area contributed by atoms with Crippen molar-refractivity contribution >= 4 is 28.0 Å². The zero-order chi connectivity index (χ0) is 14.8. The molecule has 0 aliphatic heterocycles. The zero-order valence-corrected chi connectivity index (χ0v) is 13.0.